The zero-order valence-electron chi connectivity index (χ0n) is 26.3. The molecule has 0 radical (unpaired) electrons. The second kappa shape index (κ2) is 18.4. The molecular formula is C32H49N5O6S. The number of nitrogens with one attached hydrogen (secondary N) is 4. The Morgan fingerprint density at radius 1 is 0.955 bits per heavy atom. The van der Waals surface area contributed by atoms with Crippen molar-refractivity contribution in [2.24, 2.45) is 17.6 Å². The Hall–Kier alpha value is -3.48. The number of nitrogens with two attached hydrogens (primary N) is 1. The van der Waals surface area contributed by atoms with Crippen LogP contribution < -0.4 is 27.0 Å². The van der Waals surface area contributed by atoms with Crippen LogP contribution >= 0.6 is 11.3 Å². The maximum atomic E-state index is 13.7. The summed E-state index contributed by atoms with van der Waals surface area (Å²) < 4.78 is 0. The van der Waals surface area contributed by atoms with Gasteiger partial charge < -0.3 is 37.2 Å². The maximum absolute atomic E-state index is 13.7. The number of carbonyl (C=O) groups is 4. The van der Waals surface area contributed by atoms with Crippen molar-refractivity contribution in [1.29, 1.82) is 0 Å². The van der Waals surface area contributed by atoms with E-state index >= 15 is 0 Å². The lowest BCUT2D eigenvalue weighted by molar-refractivity contribution is -0.137. The number of aryl methyl sites for hydroxylation is 1. The molecule has 0 aliphatic carbocycles. The standard InChI is InChI=1S/C32H49N5O6S/c1-6-21(5)29(37-30(41)24(33)13-14-28(39)40)32(43)36-26(17-23-8-7-15-44-23)31(42)35-25(16-19(2)3)27(38)18-34-22-11-9-20(4)10-12-22/h7-12,15,19,21,24-27,29,34,38H,6,13-14,16-18,33H2,1-5H3,(H,35,42)(H,36,43)(H,37,41)(H,39,40)/t21-,24-,25-,26-,27-,29-/m0/s1. The van der Waals surface area contributed by atoms with Crippen LogP contribution in [0.4, 0.5) is 5.69 Å². The van der Waals surface area contributed by atoms with E-state index in [-0.39, 0.29) is 37.6 Å². The molecule has 0 saturated heterocycles. The SMILES string of the molecule is CC[C@H](C)[C@H](NC(=O)[C@@H](N)CCC(=O)O)C(=O)N[C@@H](Cc1cccs1)C(=O)N[C@@H](CC(C)C)[C@@H](O)CNc1ccc(C)cc1. The minimum atomic E-state index is -1.09. The number of aliphatic hydroxyl groups is 1. The monoisotopic (exact) mass is 631 g/mol. The van der Waals surface area contributed by atoms with E-state index in [2.05, 4.69) is 21.3 Å². The van der Waals surface area contributed by atoms with Gasteiger partial charge in [0.1, 0.15) is 12.1 Å². The molecule has 2 rings (SSSR count). The molecule has 0 fully saturated rings. The molecule has 12 heteroatoms. The predicted octanol–water partition coefficient (Wildman–Crippen LogP) is 2.81. The Balaban J connectivity index is 2.20. The number of thiophene rings is 1. The van der Waals surface area contributed by atoms with Gasteiger partial charge in [-0.25, -0.2) is 0 Å². The number of amides is 3. The highest BCUT2D eigenvalue weighted by molar-refractivity contribution is 7.09. The van der Waals surface area contributed by atoms with Gasteiger partial charge >= 0.3 is 5.97 Å². The third kappa shape index (κ3) is 12.6. The molecule has 244 valence electrons. The zero-order valence-corrected chi connectivity index (χ0v) is 27.2. The lowest BCUT2D eigenvalue weighted by Crippen LogP contribution is -2.59. The summed E-state index contributed by atoms with van der Waals surface area (Å²) in [6, 6.07) is 7.89. The first-order valence-corrected chi connectivity index (χ1v) is 16.1. The molecule has 0 bridgehead atoms. The summed E-state index contributed by atoms with van der Waals surface area (Å²) in [7, 11) is 0. The van der Waals surface area contributed by atoms with Gasteiger partial charge in [0.15, 0.2) is 0 Å². The molecule has 0 spiro atoms. The van der Waals surface area contributed by atoms with Crippen LogP contribution in [0.3, 0.4) is 0 Å². The van der Waals surface area contributed by atoms with E-state index in [1.54, 1.807) is 6.92 Å². The van der Waals surface area contributed by atoms with Crippen molar-refractivity contribution < 1.29 is 29.4 Å². The quantitative estimate of drug-likeness (QED) is 0.123. The van der Waals surface area contributed by atoms with E-state index in [1.165, 1.54) is 11.3 Å². The molecule has 6 atom stereocenters. The van der Waals surface area contributed by atoms with Crippen molar-refractivity contribution in [2.45, 2.75) is 97.0 Å². The average molecular weight is 632 g/mol. The predicted molar refractivity (Wildman–Crippen MR) is 173 cm³/mol. The van der Waals surface area contributed by atoms with E-state index in [9.17, 15) is 24.3 Å². The van der Waals surface area contributed by atoms with Gasteiger partial charge in [-0.2, -0.15) is 0 Å². The minimum absolute atomic E-state index is 0.0717. The van der Waals surface area contributed by atoms with Gasteiger partial charge in [0, 0.05) is 30.0 Å². The number of benzene rings is 1. The van der Waals surface area contributed by atoms with E-state index < -0.39 is 54.0 Å². The van der Waals surface area contributed by atoms with Gasteiger partial charge in [-0.15, -0.1) is 11.3 Å². The smallest absolute Gasteiger partial charge is 0.303 e. The van der Waals surface area contributed by atoms with E-state index in [1.807, 2.05) is 69.5 Å². The fourth-order valence-corrected chi connectivity index (χ4v) is 5.36. The molecule has 1 heterocycles. The summed E-state index contributed by atoms with van der Waals surface area (Å²) in [5.41, 5.74) is 7.86. The molecule has 1 aromatic carbocycles. The number of aliphatic hydroxyl groups excluding tert-OH is 1. The number of anilines is 1. The molecule has 44 heavy (non-hydrogen) atoms. The Labute approximate surface area is 264 Å². The number of hydrogen-bond donors (Lipinski definition) is 7. The summed E-state index contributed by atoms with van der Waals surface area (Å²) in [4.78, 5) is 51.9. The van der Waals surface area contributed by atoms with Crippen LogP contribution in [0.15, 0.2) is 41.8 Å². The summed E-state index contributed by atoms with van der Waals surface area (Å²) in [6.07, 6.45) is 0.0451. The first kappa shape index (κ1) is 36.7. The molecule has 0 saturated carbocycles. The van der Waals surface area contributed by atoms with E-state index in [4.69, 9.17) is 10.8 Å². The largest absolute Gasteiger partial charge is 0.481 e. The molecule has 2 aromatic rings. The number of rotatable bonds is 19. The van der Waals surface area contributed by atoms with Crippen molar-refractivity contribution in [2.75, 3.05) is 11.9 Å². The summed E-state index contributed by atoms with van der Waals surface area (Å²) in [5.74, 6) is -2.81. The number of carboxylic acid groups (broad SMARTS) is 1. The summed E-state index contributed by atoms with van der Waals surface area (Å²) >= 11 is 1.45. The molecule has 0 unspecified atom stereocenters. The van der Waals surface area contributed by atoms with Gasteiger partial charge in [-0.3, -0.25) is 19.2 Å². The maximum Gasteiger partial charge on any atom is 0.303 e. The van der Waals surface area contributed by atoms with Gasteiger partial charge in [0.25, 0.3) is 0 Å². The Morgan fingerprint density at radius 3 is 2.20 bits per heavy atom. The van der Waals surface area contributed by atoms with Crippen LogP contribution in [-0.2, 0) is 25.6 Å². The Bertz CT molecular complexity index is 1190. The zero-order chi connectivity index (χ0) is 32.8. The van der Waals surface area contributed by atoms with Crippen molar-refractivity contribution in [1.82, 2.24) is 16.0 Å². The highest BCUT2D eigenvalue weighted by Crippen LogP contribution is 2.16. The average Bonchev–Trinajstić information content (AvgIpc) is 3.49. The van der Waals surface area contributed by atoms with Crippen LogP contribution in [0.2, 0.25) is 0 Å². The molecule has 0 aliphatic heterocycles. The van der Waals surface area contributed by atoms with Crippen molar-refractivity contribution in [3.8, 4) is 0 Å². The van der Waals surface area contributed by atoms with Crippen LogP contribution in [0, 0.1) is 18.8 Å². The first-order valence-electron chi connectivity index (χ1n) is 15.2. The normalized spacial score (nSPS) is 15.4. The Kier molecular flexibility index (Phi) is 15.3. The number of aliphatic carboxylic acids is 1. The lowest BCUT2D eigenvalue weighted by atomic mass is 9.96. The van der Waals surface area contributed by atoms with Crippen LogP contribution in [0.5, 0.6) is 0 Å². The number of hydrogen-bond acceptors (Lipinski definition) is 8. The van der Waals surface area contributed by atoms with E-state index in [0.717, 1.165) is 16.1 Å². The van der Waals surface area contributed by atoms with Crippen LogP contribution in [0.25, 0.3) is 0 Å². The number of carbonyl (C=O) groups excluding carboxylic acids is 3. The number of carboxylic acids is 1. The van der Waals surface area contributed by atoms with Crippen LogP contribution in [0.1, 0.15) is 63.8 Å². The third-order valence-corrected chi connectivity index (χ3v) is 8.40. The van der Waals surface area contributed by atoms with Gasteiger partial charge in [0.05, 0.1) is 18.2 Å². The van der Waals surface area contributed by atoms with Crippen LogP contribution in [-0.4, -0.2) is 70.7 Å². The van der Waals surface area contributed by atoms with Crippen molar-refractivity contribution >= 4 is 40.7 Å². The first-order chi connectivity index (χ1) is 20.8. The lowest BCUT2D eigenvalue weighted by Gasteiger charge is -2.30. The highest BCUT2D eigenvalue weighted by Gasteiger charge is 2.33. The van der Waals surface area contributed by atoms with E-state index in [0.29, 0.717) is 12.8 Å². The van der Waals surface area contributed by atoms with Gasteiger partial charge in [0.2, 0.25) is 17.7 Å². The molecule has 11 nitrogen and oxygen atoms in total. The second-order valence-electron chi connectivity index (χ2n) is 11.8. The third-order valence-electron chi connectivity index (χ3n) is 7.50. The second-order valence-corrected chi connectivity index (χ2v) is 12.8. The topological polar surface area (TPSA) is 183 Å². The van der Waals surface area contributed by atoms with Gasteiger partial charge in [-0.1, -0.05) is 57.9 Å². The molecule has 0 aliphatic rings. The fourth-order valence-electron chi connectivity index (χ4n) is 4.61. The summed E-state index contributed by atoms with van der Waals surface area (Å²) in [5, 5.41) is 33.6. The van der Waals surface area contributed by atoms with Crippen molar-refractivity contribution in [3.05, 3.63) is 52.2 Å². The molecule has 8 N–H and O–H groups in total. The molecular weight excluding hydrogens is 582 g/mol. The molecule has 3 amide bonds. The summed E-state index contributed by atoms with van der Waals surface area (Å²) in [6.45, 7) is 9.90. The van der Waals surface area contributed by atoms with Crippen molar-refractivity contribution in [3.63, 3.8) is 0 Å². The molecule has 1 aromatic heterocycles. The van der Waals surface area contributed by atoms with Gasteiger partial charge in [-0.05, 0) is 55.2 Å². The fraction of sp³-hybridized carbons (Fsp3) is 0.562. The minimum Gasteiger partial charge on any atom is -0.481 e. The Morgan fingerprint density at radius 2 is 1.64 bits per heavy atom. The highest BCUT2D eigenvalue weighted by atomic mass is 32.1.